The summed E-state index contributed by atoms with van der Waals surface area (Å²) in [6.07, 6.45) is 2.71. The van der Waals surface area contributed by atoms with Gasteiger partial charge in [-0.15, -0.1) is 0 Å². The summed E-state index contributed by atoms with van der Waals surface area (Å²) in [4.78, 5) is 16.9. The molecule has 1 amide bonds. The molecule has 36 heavy (non-hydrogen) atoms. The highest BCUT2D eigenvalue weighted by Crippen LogP contribution is 2.24. The Labute approximate surface area is 216 Å². The van der Waals surface area contributed by atoms with Crippen LogP contribution in [0.25, 0.3) is 10.9 Å². The summed E-state index contributed by atoms with van der Waals surface area (Å²) in [6.45, 7) is 1.23. The molecule has 0 saturated heterocycles. The fourth-order valence-electron chi connectivity index (χ4n) is 3.78. The number of fused-ring (bicyclic) bond motifs is 1. The van der Waals surface area contributed by atoms with Gasteiger partial charge < -0.3 is 10.6 Å². The maximum absolute atomic E-state index is 12.8. The van der Waals surface area contributed by atoms with Gasteiger partial charge in [-0.2, -0.15) is 0 Å². The largest absolute Gasteiger partial charge is 0.384 e. The van der Waals surface area contributed by atoms with Crippen LogP contribution in [0.3, 0.4) is 0 Å². The standard InChI is InChI=1S/C27H27ClN4O3S/c1-32(36(34,35)23-6-3-2-4-7-23)22-11-8-20(9-12-22)18-27(33)31-16-5-15-29-25-14-17-30-26-19-21(28)10-13-24(25)26/h2-4,6-14,17,19H,5,15-16,18H2,1H3,(H,29,30)(H,31,33). The van der Waals surface area contributed by atoms with E-state index in [-0.39, 0.29) is 17.2 Å². The second kappa shape index (κ2) is 11.4. The predicted molar refractivity (Wildman–Crippen MR) is 145 cm³/mol. The lowest BCUT2D eigenvalue weighted by Crippen LogP contribution is -2.27. The molecule has 9 heteroatoms. The average molecular weight is 523 g/mol. The van der Waals surface area contributed by atoms with Crippen molar-refractivity contribution < 1.29 is 13.2 Å². The van der Waals surface area contributed by atoms with Gasteiger partial charge in [0.05, 0.1) is 22.5 Å². The van der Waals surface area contributed by atoms with Crippen LogP contribution in [0.5, 0.6) is 0 Å². The number of halogens is 1. The number of anilines is 2. The highest BCUT2D eigenvalue weighted by Gasteiger charge is 2.20. The fraction of sp³-hybridized carbons (Fsp3) is 0.185. The van der Waals surface area contributed by atoms with Crippen molar-refractivity contribution in [3.63, 3.8) is 0 Å². The molecule has 1 heterocycles. The molecule has 186 valence electrons. The number of hydrogen-bond donors (Lipinski definition) is 2. The van der Waals surface area contributed by atoms with Gasteiger partial charge in [0.1, 0.15) is 0 Å². The molecule has 0 atom stereocenters. The van der Waals surface area contributed by atoms with Gasteiger partial charge in [0.2, 0.25) is 5.91 Å². The van der Waals surface area contributed by atoms with E-state index in [0.29, 0.717) is 23.8 Å². The molecule has 0 aliphatic heterocycles. The van der Waals surface area contributed by atoms with Crippen LogP contribution in [0, 0.1) is 0 Å². The number of sulfonamides is 1. The minimum atomic E-state index is -3.64. The van der Waals surface area contributed by atoms with E-state index in [1.165, 1.54) is 11.4 Å². The summed E-state index contributed by atoms with van der Waals surface area (Å²) in [6, 6.07) is 22.8. The fourth-order valence-corrected chi connectivity index (χ4v) is 5.16. The van der Waals surface area contributed by atoms with Gasteiger partial charge in [-0.05, 0) is 60.5 Å². The maximum atomic E-state index is 12.8. The van der Waals surface area contributed by atoms with Gasteiger partial charge in [-0.3, -0.25) is 14.1 Å². The number of carbonyl (C=O) groups is 1. The Bertz CT molecular complexity index is 1450. The van der Waals surface area contributed by atoms with Gasteiger partial charge in [-0.1, -0.05) is 41.9 Å². The van der Waals surface area contributed by atoms with Crippen molar-refractivity contribution in [3.05, 3.63) is 95.6 Å². The molecule has 0 radical (unpaired) electrons. The molecule has 0 bridgehead atoms. The second-order valence-corrected chi connectivity index (χ2v) is 10.7. The number of nitrogens with one attached hydrogen (secondary N) is 2. The minimum absolute atomic E-state index is 0.0861. The van der Waals surface area contributed by atoms with Crippen LogP contribution in [0.1, 0.15) is 12.0 Å². The molecule has 2 N–H and O–H groups in total. The van der Waals surface area contributed by atoms with Crippen LogP contribution in [0.4, 0.5) is 11.4 Å². The van der Waals surface area contributed by atoms with Gasteiger partial charge in [0, 0.05) is 42.4 Å². The van der Waals surface area contributed by atoms with E-state index in [0.717, 1.165) is 28.6 Å². The van der Waals surface area contributed by atoms with Crippen LogP contribution in [0.15, 0.2) is 90.0 Å². The zero-order valence-corrected chi connectivity index (χ0v) is 21.4. The summed E-state index contributed by atoms with van der Waals surface area (Å²) in [5, 5.41) is 7.96. The highest BCUT2D eigenvalue weighted by atomic mass is 35.5. The maximum Gasteiger partial charge on any atom is 0.264 e. The smallest absolute Gasteiger partial charge is 0.264 e. The van der Waals surface area contributed by atoms with E-state index in [2.05, 4.69) is 15.6 Å². The van der Waals surface area contributed by atoms with Crippen molar-refractivity contribution in [2.24, 2.45) is 0 Å². The Morgan fingerprint density at radius 3 is 2.47 bits per heavy atom. The average Bonchev–Trinajstić information content (AvgIpc) is 2.89. The van der Waals surface area contributed by atoms with Crippen molar-refractivity contribution >= 4 is 49.8 Å². The van der Waals surface area contributed by atoms with E-state index in [1.807, 2.05) is 24.3 Å². The Morgan fingerprint density at radius 2 is 1.72 bits per heavy atom. The van der Waals surface area contributed by atoms with Crippen LogP contribution in [-0.4, -0.2) is 39.4 Å². The van der Waals surface area contributed by atoms with E-state index in [4.69, 9.17) is 11.6 Å². The molecule has 4 aromatic rings. The van der Waals surface area contributed by atoms with Gasteiger partial charge in [0.25, 0.3) is 10.0 Å². The SMILES string of the molecule is CN(c1ccc(CC(=O)NCCCNc2ccnc3cc(Cl)ccc23)cc1)S(=O)(=O)c1ccccc1. The number of pyridine rings is 1. The topological polar surface area (TPSA) is 91.4 Å². The molecule has 0 aliphatic rings. The Hall–Kier alpha value is -3.62. The summed E-state index contributed by atoms with van der Waals surface area (Å²) < 4.78 is 26.8. The molecule has 0 spiro atoms. The Morgan fingerprint density at radius 1 is 0.972 bits per heavy atom. The monoisotopic (exact) mass is 522 g/mol. The highest BCUT2D eigenvalue weighted by molar-refractivity contribution is 7.92. The first-order valence-electron chi connectivity index (χ1n) is 11.5. The number of benzene rings is 3. The van der Waals surface area contributed by atoms with Gasteiger partial charge >= 0.3 is 0 Å². The summed E-state index contributed by atoms with van der Waals surface area (Å²) >= 11 is 6.04. The van der Waals surface area contributed by atoms with Crippen LogP contribution < -0.4 is 14.9 Å². The number of rotatable bonds is 10. The third-order valence-corrected chi connectivity index (χ3v) is 7.80. The zero-order chi connectivity index (χ0) is 25.5. The van der Waals surface area contributed by atoms with Crippen molar-refractivity contribution in [2.75, 3.05) is 29.8 Å². The predicted octanol–water partition coefficient (Wildman–Crippen LogP) is 4.87. The van der Waals surface area contributed by atoms with Crippen molar-refractivity contribution in [3.8, 4) is 0 Å². The lowest BCUT2D eigenvalue weighted by atomic mass is 10.1. The first-order valence-corrected chi connectivity index (χ1v) is 13.3. The summed E-state index contributed by atoms with van der Waals surface area (Å²) in [5.41, 5.74) is 3.14. The molecule has 3 aromatic carbocycles. The molecule has 7 nitrogen and oxygen atoms in total. The first kappa shape index (κ1) is 25.5. The number of hydrogen-bond acceptors (Lipinski definition) is 5. The minimum Gasteiger partial charge on any atom is -0.384 e. The molecule has 0 unspecified atom stereocenters. The second-order valence-electron chi connectivity index (χ2n) is 8.28. The van der Waals surface area contributed by atoms with E-state index < -0.39 is 10.0 Å². The van der Waals surface area contributed by atoms with Crippen molar-refractivity contribution in [2.45, 2.75) is 17.7 Å². The molecular weight excluding hydrogens is 496 g/mol. The third kappa shape index (κ3) is 6.13. The molecule has 0 aliphatic carbocycles. The van der Waals surface area contributed by atoms with Crippen LogP contribution in [0.2, 0.25) is 5.02 Å². The first-order chi connectivity index (χ1) is 17.3. The lowest BCUT2D eigenvalue weighted by molar-refractivity contribution is -0.120. The lowest BCUT2D eigenvalue weighted by Gasteiger charge is -2.19. The van der Waals surface area contributed by atoms with Crippen molar-refractivity contribution in [1.82, 2.24) is 10.3 Å². The Kier molecular flexibility index (Phi) is 8.07. The van der Waals surface area contributed by atoms with Crippen molar-refractivity contribution in [1.29, 1.82) is 0 Å². The number of nitrogens with zero attached hydrogens (tertiary/aromatic N) is 2. The Balaban J connectivity index is 1.24. The van der Waals surface area contributed by atoms with E-state index in [9.17, 15) is 13.2 Å². The zero-order valence-electron chi connectivity index (χ0n) is 19.8. The summed E-state index contributed by atoms with van der Waals surface area (Å²) in [7, 11) is -2.13. The van der Waals surface area contributed by atoms with E-state index >= 15 is 0 Å². The third-order valence-electron chi connectivity index (χ3n) is 5.76. The molecular formula is C27H27ClN4O3S. The van der Waals surface area contributed by atoms with E-state index in [1.54, 1.807) is 60.8 Å². The van der Waals surface area contributed by atoms with Crippen LogP contribution >= 0.6 is 11.6 Å². The summed E-state index contributed by atoms with van der Waals surface area (Å²) in [5.74, 6) is -0.0861. The quantitative estimate of drug-likeness (QED) is 0.290. The normalized spacial score (nSPS) is 11.3. The molecule has 0 fully saturated rings. The number of carbonyl (C=O) groups excluding carboxylic acids is 1. The number of aromatic nitrogens is 1. The van der Waals surface area contributed by atoms with Gasteiger partial charge in [-0.25, -0.2) is 8.42 Å². The molecule has 1 aromatic heterocycles. The molecule has 0 saturated carbocycles. The number of amides is 1. The molecule has 4 rings (SSSR count). The van der Waals surface area contributed by atoms with Crippen LogP contribution in [-0.2, 0) is 21.2 Å². The van der Waals surface area contributed by atoms with Gasteiger partial charge in [0.15, 0.2) is 0 Å².